The zero-order valence-corrected chi connectivity index (χ0v) is 19.8. The van der Waals surface area contributed by atoms with Crippen LogP contribution in [0.25, 0.3) is 10.9 Å². The largest absolute Gasteiger partial charge is 0.506 e. The maximum Gasteiger partial charge on any atom is 0.261 e. The molecule has 3 rings (SSSR count). The van der Waals surface area contributed by atoms with E-state index in [9.17, 15) is 19.5 Å². The van der Waals surface area contributed by atoms with Crippen molar-refractivity contribution >= 4 is 40.2 Å². The smallest absolute Gasteiger partial charge is 0.261 e. The molecule has 180 valence electrons. The number of amides is 2. The molecule has 2 aromatic carbocycles. The fraction of sp³-hybridized carbons (Fsp3) is 0.304. The normalized spacial score (nSPS) is 11.6. The quantitative estimate of drug-likeness (QED) is 0.371. The van der Waals surface area contributed by atoms with Gasteiger partial charge >= 0.3 is 0 Å². The van der Waals surface area contributed by atoms with Crippen LogP contribution >= 0.6 is 11.8 Å². The Balaban J connectivity index is 1.78. The van der Waals surface area contributed by atoms with E-state index in [4.69, 9.17) is 9.47 Å². The molecule has 1 atom stereocenters. The van der Waals surface area contributed by atoms with Crippen LogP contribution in [0.2, 0.25) is 0 Å². The lowest BCUT2D eigenvalue weighted by Gasteiger charge is -2.19. The highest BCUT2D eigenvalue weighted by Crippen LogP contribution is 2.29. The molecule has 0 spiro atoms. The summed E-state index contributed by atoms with van der Waals surface area (Å²) in [6, 6.07) is 8.57. The van der Waals surface area contributed by atoms with E-state index in [0.29, 0.717) is 29.2 Å². The standard InChI is InChI=1S/C23H26N4O6S/c1-32-19-10-14-17(11-20(19)33-2)24-13-27(23(14)31)12-21(29)25-16(8-9-34-3)22(30)26-15-6-4-5-7-18(15)28/h4-7,10-11,13,16,28H,8-9,12H2,1-3H3,(H,25,29)(H,26,30)/t16-/m0/s1. The number of anilines is 1. The van der Waals surface area contributed by atoms with Gasteiger partial charge in [0.15, 0.2) is 11.5 Å². The summed E-state index contributed by atoms with van der Waals surface area (Å²) in [6.45, 7) is -0.324. The van der Waals surface area contributed by atoms with Crippen LogP contribution in [0.4, 0.5) is 5.69 Å². The number of aromatic hydroxyl groups is 1. The second-order valence-electron chi connectivity index (χ2n) is 7.31. The minimum atomic E-state index is -0.854. The van der Waals surface area contributed by atoms with Crippen LogP contribution in [0.5, 0.6) is 17.2 Å². The van der Waals surface area contributed by atoms with E-state index < -0.39 is 23.4 Å². The SMILES string of the molecule is COc1cc2ncn(CC(=O)N[C@@H](CCSC)C(=O)Nc3ccccc3O)c(=O)c2cc1OC. The van der Waals surface area contributed by atoms with Gasteiger partial charge in [0.2, 0.25) is 11.8 Å². The number of fused-ring (bicyclic) bond motifs is 1. The number of rotatable bonds is 10. The molecule has 0 saturated heterocycles. The highest BCUT2D eigenvalue weighted by Gasteiger charge is 2.22. The summed E-state index contributed by atoms with van der Waals surface area (Å²) in [4.78, 5) is 42.7. The van der Waals surface area contributed by atoms with Crippen molar-refractivity contribution in [3.05, 3.63) is 53.1 Å². The first-order valence-corrected chi connectivity index (χ1v) is 11.8. The first kappa shape index (κ1) is 24.9. The monoisotopic (exact) mass is 486 g/mol. The highest BCUT2D eigenvalue weighted by atomic mass is 32.2. The van der Waals surface area contributed by atoms with Gasteiger partial charge in [-0.05, 0) is 36.6 Å². The number of carbonyl (C=O) groups is 2. The van der Waals surface area contributed by atoms with E-state index in [2.05, 4.69) is 15.6 Å². The number of nitrogens with zero attached hydrogens (tertiary/aromatic N) is 2. The van der Waals surface area contributed by atoms with E-state index in [0.717, 1.165) is 4.57 Å². The molecule has 0 bridgehead atoms. The molecule has 0 aliphatic rings. The third kappa shape index (κ3) is 5.79. The maximum absolute atomic E-state index is 12.9. The minimum Gasteiger partial charge on any atom is -0.506 e. The van der Waals surface area contributed by atoms with Crippen molar-refractivity contribution in [1.82, 2.24) is 14.9 Å². The number of nitrogens with one attached hydrogen (secondary N) is 2. The van der Waals surface area contributed by atoms with Gasteiger partial charge in [-0.1, -0.05) is 12.1 Å². The lowest BCUT2D eigenvalue weighted by Crippen LogP contribution is -2.46. The Bertz CT molecular complexity index is 1250. The molecule has 0 aliphatic carbocycles. The molecule has 11 heteroatoms. The van der Waals surface area contributed by atoms with Crippen molar-refractivity contribution in [3.63, 3.8) is 0 Å². The average Bonchev–Trinajstić information content (AvgIpc) is 2.84. The van der Waals surface area contributed by atoms with Gasteiger partial charge in [0.05, 0.1) is 37.1 Å². The molecule has 1 heterocycles. The number of para-hydroxylation sites is 2. The number of benzene rings is 2. The van der Waals surface area contributed by atoms with Crippen molar-refractivity contribution in [2.24, 2.45) is 0 Å². The molecule has 0 saturated carbocycles. The Morgan fingerprint density at radius 2 is 1.88 bits per heavy atom. The predicted molar refractivity (Wildman–Crippen MR) is 131 cm³/mol. The summed E-state index contributed by atoms with van der Waals surface area (Å²) in [6.07, 6.45) is 3.53. The number of aromatic nitrogens is 2. The molecule has 3 aromatic rings. The van der Waals surface area contributed by atoms with Gasteiger partial charge in [0.25, 0.3) is 5.56 Å². The molecule has 34 heavy (non-hydrogen) atoms. The van der Waals surface area contributed by atoms with Crippen LogP contribution in [0.1, 0.15) is 6.42 Å². The minimum absolute atomic E-state index is 0.0772. The lowest BCUT2D eigenvalue weighted by atomic mass is 10.2. The zero-order chi connectivity index (χ0) is 24.7. The molecule has 0 aliphatic heterocycles. The van der Waals surface area contributed by atoms with E-state index >= 15 is 0 Å². The second-order valence-corrected chi connectivity index (χ2v) is 8.30. The van der Waals surface area contributed by atoms with E-state index in [-0.39, 0.29) is 23.4 Å². The third-order valence-electron chi connectivity index (χ3n) is 5.07. The average molecular weight is 487 g/mol. The predicted octanol–water partition coefficient (Wildman–Crippen LogP) is 2.00. The van der Waals surface area contributed by atoms with E-state index in [1.807, 2.05) is 6.26 Å². The van der Waals surface area contributed by atoms with Gasteiger partial charge in [0, 0.05) is 6.07 Å². The van der Waals surface area contributed by atoms with Crippen LogP contribution in [-0.2, 0) is 16.1 Å². The van der Waals surface area contributed by atoms with E-state index in [1.165, 1.54) is 44.4 Å². The number of phenolic OH excluding ortho intramolecular Hbond substituents is 1. The molecule has 10 nitrogen and oxygen atoms in total. The van der Waals surface area contributed by atoms with Gasteiger partial charge in [0.1, 0.15) is 18.3 Å². The Morgan fingerprint density at radius 1 is 1.18 bits per heavy atom. The van der Waals surface area contributed by atoms with Crippen LogP contribution in [0.15, 0.2) is 47.5 Å². The summed E-state index contributed by atoms with van der Waals surface area (Å²) in [5.74, 6) is 0.357. The summed E-state index contributed by atoms with van der Waals surface area (Å²) in [7, 11) is 2.94. The van der Waals surface area contributed by atoms with Crippen molar-refractivity contribution in [2.45, 2.75) is 19.0 Å². The number of hydrogen-bond donors (Lipinski definition) is 3. The molecule has 2 amide bonds. The third-order valence-corrected chi connectivity index (χ3v) is 5.71. The molecule has 3 N–H and O–H groups in total. The highest BCUT2D eigenvalue weighted by molar-refractivity contribution is 7.98. The summed E-state index contributed by atoms with van der Waals surface area (Å²) in [5, 5.41) is 15.5. The first-order valence-electron chi connectivity index (χ1n) is 10.4. The van der Waals surface area contributed by atoms with Gasteiger partial charge in [-0.3, -0.25) is 19.0 Å². The van der Waals surface area contributed by atoms with Crippen LogP contribution in [0, 0.1) is 0 Å². The second kappa shape index (κ2) is 11.4. The Kier molecular flexibility index (Phi) is 8.36. The van der Waals surface area contributed by atoms with Gasteiger partial charge < -0.3 is 25.2 Å². The lowest BCUT2D eigenvalue weighted by molar-refractivity contribution is -0.127. The Hall–Kier alpha value is -3.73. The Morgan fingerprint density at radius 3 is 2.56 bits per heavy atom. The number of methoxy groups -OCH3 is 2. The topological polar surface area (TPSA) is 132 Å². The number of hydrogen-bond acceptors (Lipinski definition) is 8. The van der Waals surface area contributed by atoms with Crippen molar-refractivity contribution in [2.75, 3.05) is 31.5 Å². The molecule has 0 radical (unpaired) electrons. The molecule has 0 fully saturated rings. The number of ether oxygens (including phenoxy) is 2. The molecule has 0 unspecified atom stereocenters. The number of thioether (sulfide) groups is 1. The summed E-state index contributed by atoms with van der Waals surface area (Å²) < 4.78 is 11.6. The van der Waals surface area contributed by atoms with Gasteiger partial charge in [-0.2, -0.15) is 11.8 Å². The summed E-state index contributed by atoms with van der Waals surface area (Å²) in [5.41, 5.74) is 0.217. The van der Waals surface area contributed by atoms with Gasteiger partial charge in [-0.25, -0.2) is 4.98 Å². The van der Waals surface area contributed by atoms with E-state index in [1.54, 1.807) is 24.3 Å². The molecular weight excluding hydrogens is 460 g/mol. The first-order chi connectivity index (χ1) is 16.4. The van der Waals surface area contributed by atoms with Crippen LogP contribution in [0.3, 0.4) is 0 Å². The summed E-state index contributed by atoms with van der Waals surface area (Å²) >= 11 is 1.53. The molecule has 1 aromatic heterocycles. The van der Waals surface area contributed by atoms with Crippen molar-refractivity contribution in [3.8, 4) is 17.2 Å². The van der Waals surface area contributed by atoms with Crippen LogP contribution in [-0.4, -0.2) is 58.7 Å². The molecular formula is C23H26N4O6S. The number of carbonyl (C=O) groups excluding carboxylic acids is 2. The maximum atomic E-state index is 12.9. The zero-order valence-electron chi connectivity index (χ0n) is 19.0. The number of phenols is 1. The fourth-order valence-electron chi connectivity index (χ4n) is 3.30. The van der Waals surface area contributed by atoms with Crippen molar-refractivity contribution in [1.29, 1.82) is 0 Å². The Labute approximate surface area is 200 Å². The van der Waals surface area contributed by atoms with Gasteiger partial charge in [-0.15, -0.1) is 0 Å². The van der Waals surface area contributed by atoms with Crippen LogP contribution < -0.4 is 25.7 Å². The van der Waals surface area contributed by atoms with Crippen molar-refractivity contribution < 1.29 is 24.2 Å². The fourth-order valence-corrected chi connectivity index (χ4v) is 3.77.